The molecule has 4 aromatic rings. The van der Waals surface area contributed by atoms with Crippen LogP contribution < -0.4 is 29.7 Å². The summed E-state index contributed by atoms with van der Waals surface area (Å²) in [6.07, 6.45) is 0.761. The fraction of sp³-hybridized carbons (Fsp3) is 0.294. The Labute approximate surface area is 302 Å². The number of nitrogens with one attached hydrogen (secondary N) is 2. The molecule has 1 saturated heterocycles. The molecule has 4 N–H and O–H groups in total. The minimum Gasteiger partial charge on any atom is -0.493 e. The van der Waals surface area contributed by atoms with Gasteiger partial charge in [0.25, 0.3) is 5.91 Å². The number of hydrogen-bond donors (Lipinski definition) is 3. The molecule has 2 aliphatic carbocycles. The van der Waals surface area contributed by atoms with Crippen LogP contribution in [-0.2, 0) is 24.4 Å². The van der Waals surface area contributed by atoms with Crippen LogP contribution in [0.25, 0.3) is 0 Å². The fourth-order valence-electron chi connectivity index (χ4n) is 8.30. The number of thioether (sulfide) groups is 1. The number of H-pyrrole nitrogens is 1. The quantitative estimate of drug-likeness (QED) is 0.216. The minimum absolute atomic E-state index is 0.00489. The summed E-state index contributed by atoms with van der Waals surface area (Å²) in [6, 6.07) is 18.1. The SMILES string of the molecule is COc1cc([C@H]2c3sc(=O)[nH]c3SC3C2[C@H]2C[C@@H]3C3C(=O)N(c4ccc(Br)cc4)C(=O)C32)ccc1OCC(=O)Nc1ccc(S(N)(=O)=O)cc1. The van der Waals surface area contributed by atoms with Crippen LogP contribution in [0.5, 0.6) is 11.5 Å². The number of ether oxygens (including phenoxy) is 2. The molecule has 0 radical (unpaired) electrons. The van der Waals surface area contributed by atoms with Gasteiger partial charge in [-0.25, -0.2) is 13.6 Å². The molecule has 2 aliphatic heterocycles. The third-order valence-electron chi connectivity index (χ3n) is 10.2. The number of benzene rings is 3. The third kappa shape index (κ3) is 5.48. The number of aromatic amines is 1. The molecule has 12 nitrogen and oxygen atoms in total. The number of amides is 3. The number of nitrogens with two attached hydrogens (primary N) is 1. The van der Waals surface area contributed by atoms with Gasteiger partial charge in [-0.2, -0.15) is 0 Å². The van der Waals surface area contributed by atoms with Crippen LogP contribution >= 0.6 is 39.0 Å². The van der Waals surface area contributed by atoms with Crippen LogP contribution in [0.2, 0.25) is 0 Å². The second-order valence-corrected chi connectivity index (χ2v) is 17.4. The number of halogens is 1. The van der Waals surface area contributed by atoms with E-state index in [0.29, 0.717) is 22.9 Å². The van der Waals surface area contributed by atoms with E-state index in [-0.39, 0.29) is 57.1 Å². The van der Waals surface area contributed by atoms with Crippen molar-refractivity contribution in [3.05, 3.63) is 91.3 Å². The normalized spacial score (nSPS) is 26.4. The number of primary sulfonamides is 1. The molecular formula is C34H29BrN4O8S3. The van der Waals surface area contributed by atoms with Crippen molar-refractivity contribution in [2.75, 3.05) is 23.9 Å². The van der Waals surface area contributed by atoms with Crippen molar-refractivity contribution in [3.63, 3.8) is 0 Å². The van der Waals surface area contributed by atoms with Crippen molar-refractivity contribution in [2.24, 2.45) is 34.7 Å². The van der Waals surface area contributed by atoms with Gasteiger partial charge in [0.2, 0.25) is 21.8 Å². The van der Waals surface area contributed by atoms with Gasteiger partial charge in [-0.3, -0.25) is 24.1 Å². The summed E-state index contributed by atoms with van der Waals surface area (Å²) < 4.78 is 35.4. The number of carbonyl (C=O) groups excluding carboxylic acids is 3. The fourth-order valence-corrected chi connectivity index (χ4v) is 12.0. The summed E-state index contributed by atoms with van der Waals surface area (Å²) >= 11 is 6.21. The average Bonchev–Trinajstić information content (AvgIpc) is 3.83. The zero-order valence-electron chi connectivity index (χ0n) is 26.2. The zero-order valence-corrected chi connectivity index (χ0v) is 30.2. The lowest BCUT2D eigenvalue weighted by Gasteiger charge is -2.43. The number of carbonyl (C=O) groups is 3. The molecule has 1 aromatic heterocycles. The lowest BCUT2D eigenvalue weighted by Crippen LogP contribution is -2.42. The van der Waals surface area contributed by atoms with Crippen LogP contribution in [0.1, 0.15) is 22.8 Å². The van der Waals surface area contributed by atoms with Crippen molar-refractivity contribution in [3.8, 4) is 11.5 Å². The molecule has 2 saturated carbocycles. The highest BCUT2D eigenvalue weighted by molar-refractivity contribution is 9.10. The second-order valence-electron chi connectivity index (χ2n) is 12.8. The Balaban J connectivity index is 1.06. The first-order chi connectivity index (χ1) is 23.9. The summed E-state index contributed by atoms with van der Waals surface area (Å²) in [5.74, 6) is -1.21. The van der Waals surface area contributed by atoms with Gasteiger partial charge in [0.1, 0.15) is 0 Å². The first kappa shape index (κ1) is 33.2. The lowest BCUT2D eigenvalue weighted by molar-refractivity contribution is -0.123. The third-order valence-corrected chi connectivity index (χ3v) is 14.2. The Bertz CT molecular complexity index is 2220. The van der Waals surface area contributed by atoms with E-state index in [1.807, 2.05) is 24.3 Å². The molecule has 258 valence electrons. The van der Waals surface area contributed by atoms with E-state index in [9.17, 15) is 27.6 Å². The van der Waals surface area contributed by atoms with Crippen molar-refractivity contribution < 1.29 is 32.3 Å². The van der Waals surface area contributed by atoms with E-state index >= 15 is 0 Å². The van der Waals surface area contributed by atoms with Gasteiger partial charge in [-0.1, -0.05) is 33.3 Å². The molecule has 8 rings (SSSR count). The first-order valence-electron chi connectivity index (χ1n) is 15.7. The number of sulfonamides is 1. The number of aromatic nitrogens is 1. The van der Waals surface area contributed by atoms with Crippen molar-refractivity contribution in [1.29, 1.82) is 0 Å². The van der Waals surface area contributed by atoms with Gasteiger partial charge in [0.05, 0.1) is 34.6 Å². The Morgan fingerprint density at radius 3 is 2.38 bits per heavy atom. The van der Waals surface area contributed by atoms with E-state index < -0.39 is 27.8 Å². The van der Waals surface area contributed by atoms with Gasteiger partial charge < -0.3 is 19.8 Å². The number of nitrogens with zero attached hydrogens (tertiary/aromatic N) is 1. The van der Waals surface area contributed by atoms with Crippen LogP contribution in [0.3, 0.4) is 0 Å². The van der Waals surface area contributed by atoms with Gasteiger partial charge in [-0.15, -0.1) is 11.8 Å². The number of rotatable bonds is 8. The number of imide groups is 1. The standard InChI is InChI=1S/C34H29BrN4O8S3/c1-46-23-12-15(2-11-22(23)47-14-24(40)37-17-5-9-19(10-6-17)50(36,44)45)25-26-20-13-21(29(26)48-31-30(25)49-34(43)38-31)28-27(20)32(41)39(33(28)42)18-7-3-16(35)4-8-18/h2-12,20-21,25-29H,13-14H2,1H3,(H,37,40)(H,38,43)(H2,36,44,45)/t20-,21-,25-,26?,27?,28?,29?/m1/s1. The lowest BCUT2D eigenvalue weighted by atomic mass is 9.68. The monoisotopic (exact) mass is 796 g/mol. The molecule has 4 unspecified atom stereocenters. The van der Waals surface area contributed by atoms with Gasteiger partial charge in [0.15, 0.2) is 18.1 Å². The van der Waals surface area contributed by atoms with E-state index in [1.165, 1.54) is 47.6 Å². The van der Waals surface area contributed by atoms with Crippen LogP contribution in [0.15, 0.2) is 85.9 Å². The summed E-state index contributed by atoms with van der Waals surface area (Å²) in [4.78, 5) is 58.3. The summed E-state index contributed by atoms with van der Waals surface area (Å²) in [7, 11) is -2.36. The summed E-state index contributed by atoms with van der Waals surface area (Å²) in [6.45, 7) is -0.348. The van der Waals surface area contributed by atoms with Crippen molar-refractivity contribution >= 4 is 78.1 Å². The highest BCUT2D eigenvalue weighted by Gasteiger charge is 2.69. The maximum atomic E-state index is 14.0. The minimum atomic E-state index is -3.86. The molecule has 3 amide bonds. The van der Waals surface area contributed by atoms with Crippen molar-refractivity contribution in [1.82, 2.24) is 4.98 Å². The Kier molecular flexibility index (Phi) is 8.21. The number of hydrogen-bond acceptors (Lipinski definition) is 10. The summed E-state index contributed by atoms with van der Waals surface area (Å²) in [5.41, 5.74) is 1.82. The molecule has 3 heterocycles. The second kappa shape index (κ2) is 12.4. The molecule has 3 aromatic carbocycles. The van der Waals surface area contributed by atoms with Gasteiger partial charge >= 0.3 is 4.87 Å². The van der Waals surface area contributed by atoms with Crippen LogP contribution in [0, 0.1) is 29.6 Å². The zero-order chi connectivity index (χ0) is 35.1. The molecule has 4 aliphatic rings. The van der Waals surface area contributed by atoms with E-state index in [1.54, 1.807) is 30.0 Å². The Hall–Kier alpha value is -3.96. The molecular weight excluding hydrogens is 768 g/mol. The maximum Gasteiger partial charge on any atom is 0.305 e. The number of thiazole rings is 1. The predicted molar refractivity (Wildman–Crippen MR) is 190 cm³/mol. The van der Waals surface area contributed by atoms with E-state index in [4.69, 9.17) is 14.6 Å². The highest BCUT2D eigenvalue weighted by atomic mass is 79.9. The van der Waals surface area contributed by atoms with Gasteiger partial charge in [0, 0.05) is 26.2 Å². The summed E-state index contributed by atoms with van der Waals surface area (Å²) in [5, 5.41) is 8.61. The largest absolute Gasteiger partial charge is 0.493 e. The molecule has 50 heavy (non-hydrogen) atoms. The number of methoxy groups -OCH3 is 1. The number of fused-ring (bicyclic) bond motifs is 9. The molecule has 2 bridgehead atoms. The Morgan fingerprint density at radius 2 is 1.70 bits per heavy atom. The van der Waals surface area contributed by atoms with Gasteiger partial charge in [-0.05, 0) is 90.4 Å². The first-order valence-corrected chi connectivity index (χ1v) is 19.7. The topological polar surface area (TPSA) is 178 Å². The predicted octanol–water partition coefficient (Wildman–Crippen LogP) is 4.55. The number of anilines is 2. The van der Waals surface area contributed by atoms with Crippen molar-refractivity contribution in [2.45, 2.75) is 27.5 Å². The highest BCUT2D eigenvalue weighted by Crippen LogP contribution is 2.68. The molecule has 16 heteroatoms. The average molecular weight is 798 g/mol. The van der Waals surface area contributed by atoms with E-state index in [2.05, 4.69) is 26.2 Å². The van der Waals surface area contributed by atoms with Crippen LogP contribution in [0.4, 0.5) is 11.4 Å². The Morgan fingerprint density at radius 1 is 1.00 bits per heavy atom. The maximum absolute atomic E-state index is 14.0. The molecule has 7 atom stereocenters. The molecule has 3 fully saturated rings. The molecule has 0 spiro atoms. The smallest absolute Gasteiger partial charge is 0.305 e. The van der Waals surface area contributed by atoms with Crippen LogP contribution in [-0.4, -0.2) is 50.1 Å². The van der Waals surface area contributed by atoms with E-state index in [0.717, 1.165) is 26.4 Å².